The minimum absolute atomic E-state index is 0.0309. The molecule has 19 heavy (non-hydrogen) atoms. The van der Waals surface area contributed by atoms with Crippen molar-refractivity contribution in [1.82, 2.24) is 0 Å². The van der Waals surface area contributed by atoms with Crippen molar-refractivity contribution in [1.29, 1.82) is 0 Å². The SMILES string of the molecule is CCCc1ccc(C(O)C2CCC(F)(F)CC2)cc1. The number of halogens is 2. The predicted molar refractivity (Wildman–Crippen MR) is 72.3 cm³/mol. The van der Waals surface area contributed by atoms with Crippen LogP contribution in [0.5, 0.6) is 0 Å². The Kier molecular flexibility index (Phi) is 4.56. The average molecular weight is 268 g/mol. The number of aryl methyl sites for hydroxylation is 1. The fraction of sp³-hybridized carbons (Fsp3) is 0.625. The van der Waals surface area contributed by atoms with E-state index in [1.807, 2.05) is 24.3 Å². The molecule has 0 spiro atoms. The number of hydrogen-bond donors (Lipinski definition) is 1. The third-order valence-corrected chi connectivity index (χ3v) is 4.07. The van der Waals surface area contributed by atoms with Gasteiger partial charge in [0.05, 0.1) is 6.10 Å². The molecule has 0 saturated heterocycles. The molecular formula is C16H22F2O. The maximum absolute atomic E-state index is 13.1. The highest BCUT2D eigenvalue weighted by molar-refractivity contribution is 5.24. The third kappa shape index (κ3) is 3.75. The zero-order valence-corrected chi connectivity index (χ0v) is 11.4. The minimum atomic E-state index is -2.53. The Morgan fingerprint density at radius 1 is 1.21 bits per heavy atom. The summed E-state index contributed by atoms with van der Waals surface area (Å²) in [4.78, 5) is 0. The van der Waals surface area contributed by atoms with Crippen LogP contribution in [0.4, 0.5) is 8.78 Å². The van der Waals surface area contributed by atoms with Crippen LogP contribution < -0.4 is 0 Å². The van der Waals surface area contributed by atoms with Crippen molar-refractivity contribution in [3.8, 4) is 0 Å². The highest BCUT2D eigenvalue weighted by Crippen LogP contribution is 2.41. The predicted octanol–water partition coefficient (Wildman–Crippen LogP) is 4.50. The van der Waals surface area contributed by atoms with Crippen molar-refractivity contribution in [2.75, 3.05) is 0 Å². The van der Waals surface area contributed by atoms with Crippen LogP contribution in [0.25, 0.3) is 0 Å². The second kappa shape index (κ2) is 6.00. The Bertz CT molecular complexity index is 390. The van der Waals surface area contributed by atoms with Gasteiger partial charge in [-0.3, -0.25) is 0 Å². The van der Waals surface area contributed by atoms with E-state index in [4.69, 9.17) is 0 Å². The lowest BCUT2D eigenvalue weighted by Gasteiger charge is -2.31. The van der Waals surface area contributed by atoms with E-state index in [2.05, 4.69) is 6.92 Å². The summed E-state index contributed by atoms with van der Waals surface area (Å²) >= 11 is 0. The lowest BCUT2D eigenvalue weighted by Crippen LogP contribution is -2.27. The Labute approximate surface area is 113 Å². The topological polar surface area (TPSA) is 20.2 Å². The molecule has 1 aromatic rings. The Morgan fingerprint density at radius 2 is 1.79 bits per heavy atom. The number of aliphatic hydroxyl groups excluding tert-OH is 1. The van der Waals surface area contributed by atoms with Crippen LogP contribution in [0.3, 0.4) is 0 Å². The van der Waals surface area contributed by atoms with E-state index in [1.54, 1.807) is 0 Å². The number of alkyl halides is 2. The van der Waals surface area contributed by atoms with E-state index >= 15 is 0 Å². The highest BCUT2D eigenvalue weighted by Gasteiger charge is 2.37. The summed E-state index contributed by atoms with van der Waals surface area (Å²) in [5, 5.41) is 10.3. The fourth-order valence-electron chi connectivity index (χ4n) is 2.82. The van der Waals surface area contributed by atoms with Gasteiger partial charge in [-0.2, -0.15) is 0 Å². The van der Waals surface area contributed by atoms with Crippen LogP contribution in [-0.4, -0.2) is 11.0 Å². The zero-order chi connectivity index (χ0) is 13.9. The van der Waals surface area contributed by atoms with E-state index in [-0.39, 0.29) is 18.8 Å². The van der Waals surface area contributed by atoms with Crippen LogP contribution in [0.1, 0.15) is 56.3 Å². The van der Waals surface area contributed by atoms with Crippen LogP contribution in [-0.2, 0) is 6.42 Å². The maximum atomic E-state index is 13.1. The molecule has 1 saturated carbocycles. The van der Waals surface area contributed by atoms with Crippen molar-refractivity contribution < 1.29 is 13.9 Å². The van der Waals surface area contributed by atoms with Crippen molar-refractivity contribution >= 4 is 0 Å². The molecule has 0 bridgehead atoms. The van der Waals surface area contributed by atoms with Gasteiger partial charge in [0.25, 0.3) is 0 Å². The zero-order valence-electron chi connectivity index (χ0n) is 11.4. The molecule has 0 amide bonds. The van der Waals surface area contributed by atoms with Crippen molar-refractivity contribution in [2.45, 2.75) is 57.5 Å². The van der Waals surface area contributed by atoms with Crippen molar-refractivity contribution in [3.05, 3.63) is 35.4 Å². The molecular weight excluding hydrogens is 246 g/mol. The Hall–Kier alpha value is -0.960. The molecule has 1 fully saturated rings. The normalized spacial score (nSPS) is 21.3. The van der Waals surface area contributed by atoms with Gasteiger partial charge in [-0.1, -0.05) is 37.6 Å². The largest absolute Gasteiger partial charge is 0.388 e. The van der Waals surface area contributed by atoms with Gasteiger partial charge in [-0.05, 0) is 36.3 Å². The first-order valence-electron chi connectivity index (χ1n) is 7.16. The number of aliphatic hydroxyl groups is 1. The quantitative estimate of drug-likeness (QED) is 0.852. The minimum Gasteiger partial charge on any atom is -0.388 e. The molecule has 1 aromatic carbocycles. The van der Waals surface area contributed by atoms with E-state index < -0.39 is 12.0 Å². The van der Waals surface area contributed by atoms with E-state index in [0.717, 1.165) is 18.4 Å². The first-order chi connectivity index (χ1) is 9.02. The lowest BCUT2D eigenvalue weighted by molar-refractivity contribution is -0.0627. The highest BCUT2D eigenvalue weighted by atomic mass is 19.3. The Balaban J connectivity index is 1.97. The lowest BCUT2D eigenvalue weighted by atomic mass is 9.81. The third-order valence-electron chi connectivity index (χ3n) is 4.07. The molecule has 1 aliphatic carbocycles. The van der Waals surface area contributed by atoms with Crippen LogP contribution in [0.15, 0.2) is 24.3 Å². The number of hydrogen-bond acceptors (Lipinski definition) is 1. The summed E-state index contributed by atoms with van der Waals surface area (Å²) in [6, 6.07) is 7.92. The van der Waals surface area contributed by atoms with E-state index in [9.17, 15) is 13.9 Å². The molecule has 0 heterocycles. The monoisotopic (exact) mass is 268 g/mol. The first-order valence-corrected chi connectivity index (χ1v) is 7.16. The van der Waals surface area contributed by atoms with Gasteiger partial charge in [0.2, 0.25) is 5.92 Å². The first kappa shape index (κ1) is 14.4. The van der Waals surface area contributed by atoms with Crippen LogP contribution in [0, 0.1) is 5.92 Å². The van der Waals surface area contributed by atoms with Gasteiger partial charge in [0.15, 0.2) is 0 Å². The molecule has 0 aliphatic heterocycles. The van der Waals surface area contributed by atoms with Gasteiger partial charge in [-0.15, -0.1) is 0 Å². The summed E-state index contributed by atoms with van der Waals surface area (Å²) in [7, 11) is 0. The summed E-state index contributed by atoms with van der Waals surface area (Å²) < 4.78 is 26.2. The van der Waals surface area contributed by atoms with Crippen molar-refractivity contribution in [3.63, 3.8) is 0 Å². The molecule has 106 valence electrons. The van der Waals surface area contributed by atoms with Gasteiger partial charge < -0.3 is 5.11 Å². The van der Waals surface area contributed by atoms with Crippen LogP contribution in [0.2, 0.25) is 0 Å². The fourth-order valence-corrected chi connectivity index (χ4v) is 2.82. The van der Waals surface area contributed by atoms with E-state index in [0.29, 0.717) is 12.8 Å². The second-order valence-corrected chi connectivity index (χ2v) is 5.63. The Morgan fingerprint density at radius 3 is 2.32 bits per heavy atom. The molecule has 1 N–H and O–H groups in total. The summed E-state index contributed by atoms with van der Waals surface area (Å²) in [6.45, 7) is 2.13. The molecule has 0 radical (unpaired) electrons. The van der Waals surface area contributed by atoms with Crippen LogP contribution >= 0.6 is 0 Å². The molecule has 1 nitrogen and oxygen atoms in total. The summed E-state index contributed by atoms with van der Waals surface area (Å²) in [6.07, 6.45) is 2.15. The molecule has 1 aliphatic rings. The smallest absolute Gasteiger partial charge is 0.248 e. The van der Waals surface area contributed by atoms with Gasteiger partial charge in [-0.25, -0.2) is 8.78 Å². The maximum Gasteiger partial charge on any atom is 0.248 e. The van der Waals surface area contributed by atoms with Gasteiger partial charge in [0, 0.05) is 12.8 Å². The molecule has 2 rings (SSSR count). The van der Waals surface area contributed by atoms with E-state index in [1.165, 1.54) is 5.56 Å². The molecule has 0 aromatic heterocycles. The second-order valence-electron chi connectivity index (χ2n) is 5.63. The number of benzene rings is 1. The molecule has 1 atom stereocenters. The summed E-state index contributed by atoms with van der Waals surface area (Å²) in [5.74, 6) is -2.56. The number of rotatable bonds is 4. The van der Waals surface area contributed by atoms with Gasteiger partial charge >= 0.3 is 0 Å². The average Bonchev–Trinajstić information content (AvgIpc) is 2.39. The standard InChI is InChI=1S/C16H22F2O/c1-2-3-12-4-6-13(7-5-12)15(19)14-8-10-16(17,18)11-9-14/h4-7,14-15,19H,2-3,8-11H2,1H3. The molecule has 1 unspecified atom stereocenters. The van der Waals surface area contributed by atoms with Gasteiger partial charge in [0.1, 0.15) is 0 Å². The summed E-state index contributed by atoms with van der Waals surface area (Å²) in [5.41, 5.74) is 2.11. The molecule has 3 heteroatoms. The van der Waals surface area contributed by atoms with Crippen molar-refractivity contribution in [2.24, 2.45) is 5.92 Å².